The molecule has 0 unspecified atom stereocenters. The van der Waals surface area contributed by atoms with Crippen LogP contribution in [0, 0.1) is 0 Å². The molecule has 0 aromatic rings. The van der Waals surface area contributed by atoms with Crippen molar-refractivity contribution in [3.05, 3.63) is 37.5 Å². The Balaban J connectivity index is -0.000000242. The Morgan fingerprint density at radius 2 is 1.67 bits per heavy atom. The van der Waals surface area contributed by atoms with Gasteiger partial charge in [0.1, 0.15) is 0 Å². The van der Waals surface area contributed by atoms with Crippen LogP contribution in [0.2, 0.25) is 0 Å². The molecule has 0 saturated carbocycles. The van der Waals surface area contributed by atoms with Crippen molar-refractivity contribution in [3.8, 4) is 0 Å². The molecule has 0 radical (unpaired) electrons. The largest absolute Gasteiger partial charge is 0.478 e. The third-order valence-corrected chi connectivity index (χ3v) is 1.51. The molecule has 0 heterocycles. The van der Waals surface area contributed by atoms with Crippen LogP contribution in [0.1, 0.15) is 26.7 Å². The number of hydrogen-bond donors (Lipinski definition) is 2. The summed E-state index contributed by atoms with van der Waals surface area (Å²) in [6, 6.07) is 0. The van der Waals surface area contributed by atoms with Gasteiger partial charge in [-0.25, -0.2) is 14.4 Å². The number of carboxylic acids is 1. The monoisotopic (exact) mass is 302 g/mol. The Hall–Kier alpha value is -2.41. The average Bonchev–Trinajstić information content (AvgIpc) is 2.47. The second-order valence-electron chi connectivity index (χ2n) is 3.43. The van der Waals surface area contributed by atoms with Gasteiger partial charge < -0.3 is 9.84 Å². The number of carbonyl (C=O) groups is 3. The summed E-state index contributed by atoms with van der Waals surface area (Å²) in [6.45, 7) is 13.4. The van der Waals surface area contributed by atoms with E-state index in [-0.39, 0.29) is 11.5 Å². The Kier molecular flexibility index (Phi) is 19.8. The summed E-state index contributed by atoms with van der Waals surface area (Å²) in [5, 5.41) is 15.2. The van der Waals surface area contributed by atoms with Gasteiger partial charge in [0, 0.05) is 17.7 Å². The fourth-order valence-corrected chi connectivity index (χ4v) is 0.454. The van der Waals surface area contributed by atoms with Crippen LogP contribution in [0.3, 0.4) is 0 Å². The highest BCUT2D eigenvalue weighted by molar-refractivity contribution is 5.86. The van der Waals surface area contributed by atoms with E-state index in [4.69, 9.17) is 10.4 Å². The molecule has 0 bridgehead atoms. The predicted molar refractivity (Wildman–Crippen MR) is 77.4 cm³/mol. The van der Waals surface area contributed by atoms with Crippen LogP contribution in [0.5, 0.6) is 0 Å². The molecular formula is C14H22O7. The van der Waals surface area contributed by atoms with Gasteiger partial charge in [-0.2, -0.15) is 5.26 Å². The number of ether oxygens (including phenoxy) is 1. The highest BCUT2D eigenvalue weighted by atomic mass is 17.1. The SMILES string of the molecule is C=C(C)C(=O)OO.C=CC(=O)O.C=CC(=O)OCCCC. The summed E-state index contributed by atoms with van der Waals surface area (Å²) in [4.78, 5) is 32.8. The molecule has 0 saturated heterocycles. The molecule has 2 N–H and O–H groups in total. The first-order valence-electron chi connectivity index (χ1n) is 5.92. The van der Waals surface area contributed by atoms with E-state index in [1.54, 1.807) is 0 Å². The first-order valence-corrected chi connectivity index (χ1v) is 5.92. The third kappa shape index (κ3) is 27.0. The van der Waals surface area contributed by atoms with E-state index in [0.717, 1.165) is 18.9 Å². The van der Waals surface area contributed by atoms with Crippen LogP contribution in [0.4, 0.5) is 0 Å². The summed E-state index contributed by atoms with van der Waals surface area (Å²) in [6.07, 6.45) is 3.99. The van der Waals surface area contributed by atoms with Crippen LogP contribution < -0.4 is 0 Å². The molecule has 0 rings (SSSR count). The van der Waals surface area contributed by atoms with Crippen molar-refractivity contribution in [2.75, 3.05) is 6.61 Å². The van der Waals surface area contributed by atoms with Crippen LogP contribution in [0.25, 0.3) is 0 Å². The molecule has 0 aliphatic carbocycles. The van der Waals surface area contributed by atoms with E-state index in [1.807, 2.05) is 6.92 Å². The van der Waals surface area contributed by atoms with Crippen LogP contribution >= 0.6 is 0 Å². The lowest BCUT2D eigenvalue weighted by molar-refractivity contribution is -0.229. The Labute approximate surface area is 124 Å². The molecule has 0 aromatic carbocycles. The molecule has 0 aliphatic rings. The van der Waals surface area contributed by atoms with Gasteiger partial charge in [0.05, 0.1) is 6.61 Å². The molecular weight excluding hydrogens is 280 g/mol. The normalized spacial score (nSPS) is 7.76. The van der Waals surface area contributed by atoms with Gasteiger partial charge in [0.2, 0.25) is 0 Å². The number of aliphatic carboxylic acids is 1. The number of carbonyl (C=O) groups excluding carboxylic acids is 2. The molecule has 7 heteroatoms. The lowest BCUT2D eigenvalue weighted by atomic mass is 10.4. The van der Waals surface area contributed by atoms with Gasteiger partial charge in [0.15, 0.2) is 0 Å². The summed E-state index contributed by atoms with van der Waals surface area (Å²) in [7, 11) is 0. The van der Waals surface area contributed by atoms with Crippen molar-refractivity contribution < 1.29 is 34.4 Å². The van der Waals surface area contributed by atoms with Gasteiger partial charge in [-0.1, -0.05) is 33.1 Å². The zero-order chi connectivity index (χ0) is 17.3. The Morgan fingerprint density at radius 3 is 1.86 bits per heavy atom. The Bertz CT molecular complexity index is 358. The molecule has 0 aliphatic heterocycles. The summed E-state index contributed by atoms with van der Waals surface area (Å²) in [5.41, 5.74) is 0.183. The second-order valence-corrected chi connectivity index (χ2v) is 3.43. The second kappa shape index (κ2) is 17.6. The molecule has 7 nitrogen and oxygen atoms in total. The van der Waals surface area contributed by atoms with Crippen LogP contribution in [-0.4, -0.2) is 34.9 Å². The molecule has 0 amide bonds. The molecule has 0 aromatic heterocycles. The minimum Gasteiger partial charge on any atom is -0.478 e. The zero-order valence-corrected chi connectivity index (χ0v) is 12.3. The van der Waals surface area contributed by atoms with E-state index in [2.05, 4.69) is 29.4 Å². The highest BCUT2D eigenvalue weighted by Gasteiger charge is 1.98. The maximum Gasteiger partial charge on any atom is 0.367 e. The minimum atomic E-state index is -0.981. The minimum absolute atomic E-state index is 0.183. The number of rotatable bonds is 6. The van der Waals surface area contributed by atoms with E-state index in [9.17, 15) is 14.4 Å². The van der Waals surface area contributed by atoms with E-state index < -0.39 is 11.9 Å². The van der Waals surface area contributed by atoms with E-state index in [1.165, 1.54) is 13.0 Å². The van der Waals surface area contributed by atoms with Gasteiger partial charge in [-0.3, -0.25) is 4.89 Å². The van der Waals surface area contributed by atoms with Crippen molar-refractivity contribution in [2.24, 2.45) is 0 Å². The first-order chi connectivity index (χ1) is 9.76. The van der Waals surface area contributed by atoms with Gasteiger partial charge in [0.25, 0.3) is 0 Å². The lowest BCUT2D eigenvalue weighted by Gasteiger charge is -1.97. The molecule has 0 atom stereocenters. The van der Waals surface area contributed by atoms with Gasteiger partial charge >= 0.3 is 17.9 Å². The van der Waals surface area contributed by atoms with Gasteiger partial charge in [-0.15, -0.1) is 0 Å². The van der Waals surface area contributed by atoms with Crippen molar-refractivity contribution in [1.29, 1.82) is 0 Å². The Morgan fingerprint density at radius 1 is 1.19 bits per heavy atom. The topological polar surface area (TPSA) is 110 Å². The van der Waals surface area contributed by atoms with Gasteiger partial charge in [-0.05, 0) is 13.3 Å². The fraction of sp³-hybridized carbons (Fsp3) is 0.357. The van der Waals surface area contributed by atoms with Crippen molar-refractivity contribution in [2.45, 2.75) is 26.7 Å². The summed E-state index contributed by atoms with van der Waals surface area (Å²) >= 11 is 0. The van der Waals surface area contributed by atoms with Crippen molar-refractivity contribution in [1.82, 2.24) is 0 Å². The summed E-state index contributed by atoms with van der Waals surface area (Å²) < 4.78 is 4.67. The van der Waals surface area contributed by atoms with E-state index in [0.29, 0.717) is 6.61 Å². The maximum atomic E-state index is 10.3. The number of carboxylic acid groups (broad SMARTS) is 1. The molecule has 0 fully saturated rings. The molecule has 21 heavy (non-hydrogen) atoms. The average molecular weight is 302 g/mol. The smallest absolute Gasteiger partial charge is 0.367 e. The van der Waals surface area contributed by atoms with Crippen LogP contribution in [0.15, 0.2) is 37.5 Å². The predicted octanol–water partition coefficient (Wildman–Crippen LogP) is 2.35. The highest BCUT2D eigenvalue weighted by Crippen LogP contribution is 1.88. The van der Waals surface area contributed by atoms with Crippen LogP contribution in [-0.2, 0) is 24.0 Å². The fourth-order valence-electron chi connectivity index (χ4n) is 0.454. The number of hydrogen-bond acceptors (Lipinski definition) is 6. The molecule has 0 spiro atoms. The summed E-state index contributed by atoms with van der Waals surface area (Å²) in [5.74, 6) is -2.10. The van der Waals surface area contributed by atoms with E-state index >= 15 is 0 Å². The number of esters is 1. The number of unbranched alkanes of at least 4 members (excludes halogenated alkanes) is 1. The van der Waals surface area contributed by atoms with Crippen molar-refractivity contribution >= 4 is 17.9 Å². The third-order valence-electron chi connectivity index (χ3n) is 1.51. The molecule has 120 valence electrons. The quantitative estimate of drug-likeness (QED) is 0.255. The van der Waals surface area contributed by atoms with Crippen molar-refractivity contribution in [3.63, 3.8) is 0 Å². The first kappa shape index (κ1) is 23.7. The maximum absolute atomic E-state index is 10.3. The zero-order valence-electron chi connectivity index (χ0n) is 12.3. The lowest BCUT2D eigenvalue weighted by Crippen LogP contribution is -2.00. The standard InChI is InChI=1S/C7H12O2.C4H6O3.C3H4O2/c1-3-5-6-9-7(8)4-2;1-3(2)4(5)7-6;1-2-3(4)5/h4H,2-3,5-6H2,1H3;6H,1H2,2H3;2H,1H2,(H,4,5).